The van der Waals surface area contributed by atoms with Crippen molar-refractivity contribution in [2.75, 3.05) is 0 Å². The molecule has 0 saturated carbocycles. The lowest BCUT2D eigenvalue weighted by molar-refractivity contribution is 0.547. The fourth-order valence-electron chi connectivity index (χ4n) is 2.02. The summed E-state index contributed by atoms with van der Waals surface area (Å²) in [6.45, 7) is 8.80. The van der Waals surface area contributed by atoms with E-state index in [1.54, 1.807) is 0 Å². The lowest BCUT2D eigenvalue weighted by Crippen LogP contribution is -1.97. The highest BCUT2D eigenvalue weighted by Gasteiger charge is 2.04. The third-order valence-electron chi connectivity index (χ3n) is 3.14. The van der Waals surface area contributed by atoms with Crippen LogP contribution in [0.3, 0.4) is 0 Å². The van der Waals surface area contributed by atoms with Crippen LogP contribution in [0.4, 0.5) is 0 Å². The van der Waals surface area contributed by atoms with Crippen molar-refractivity contribution in [2.24, 2.45) is 5.41 Å². The van der Waals surface area contributed by atoms with Gasteiger partial charge in [0, 0.05) is 0 Å². The van der Waals surface area contributed by atoms with Gasteiger partial charge in [0.15, 0.2) is 0 Å². The van der Waals surface area contributed by atoms with E-state index in [-0.39, 0.29) is 5.41 Å². The smallest absolute Gasteiger partial charge is 0.0155 e. The Morgan fingerprint density at radius 3 is 2.05 bits per heavy atom. The highest BCUT2D eigenvalue weighted by atomic mass is 14.1. The Bertz CT molecular complexity index is 566. The van der Waals surface area contributed by atoms with Gasteiger partial charge in [0.25, 0.3) is 0 Å². The Hall–Kier alpha value is -1.82. The van der Waals surface area contributed by atoms with Crippen LogP contribution in [0.1, 0.15) is 31.9 Å². The third-order valence-corrected chi connectivity index (χ3v) is 3.14. The Morgan fingerprint density at radius 2 is 1.47 bits per heavy atom. The summed E-state index contributed by atoms with van der Waals surface area (Å²) < 4.78 is 0. The quantitative estimate of drug-likeness (QED) is 0.639. The summed E-state index contributed by atoms with van der Waals surface area (Å²) in [5.74, 6) is 0. The van der Waals surface area contributed by atoms with Gasteiger partial charge < -0.3 is 0 Å². The van der Waals surface area contributed by atoms with E-state index in [1.165, 1.54) is 22.3 Å². The summed E-state index contributed by atoms with van der Waals surface area (Å²) >= 11 is 0. The van der Waals surface area contributed by atoms with Crippen LogP contribution in [0.2, 0.25) is 0 Å². The van der Waals surface area contributed by atoms with Crippen LogP contribution in [-0.4, -0.2) is 0 Å². The van der Waals surface area contributed by atoms with Crippen LogP contribution in [0.5, 0.6) is 0 Å². The fourth-order valence-corrected chi connectivity index (χ4v) is 2.02. The summed E-state index contributed by atoms with van der Waals surface area (Å²) in [4.78, 5) is 0. The lowest BCUT2D eigenvalue weighted by atomic mass is 9.94. The van der Waals surface area contributed by atoms with Crippen LogP contribution in [0.15, 0.2) is 54.6 Å². The summed E-state index contributed by atoms with van der Waals surface area (Å²) in [5.41, 5.74) is 5.40. The topological polar surface area (TPSA) is 0 Å². The minimum absolute atomic E-state index is 0.231. The predicted octanol–water partition coefficient (Wildman–Crippen LogP) is 5.72. The van der Waals surface area contributed by atoms with Crippen molar-refractivity contribution in [1.29, 1.82) is 0 Å². The molecule has 0 spiro atoms. The molecule has 0 aliphatic heterocycles. The fraction of sp³-hybridized carbons (Fsp3) is 0.263. The van der Waals surface area contributed by atoms with Gasteiger partial charge in [-0.25, -0.2) is 0 Å². The van der Waals surface area contributed by atoms with Gasteiger partial charge in [-0.15, -0.1) is 0 Å². The summed E-state index contributed by atoms with van der Waals surface area (Å²) in [6.07, 6.45) is 4.44. The molecule has 0 nitrogen and oxygen atoms in total. The van der Waals surface area contributed by atoms with Gasteiger partial charge in [-0.1, -0.05) is 81.5 Å². The van der Waals surface area contributed by atoms with Crippen LogP contribution < -0.4 is 0 Å². The molecule has 0 aliphatic carbocycles. The first-order chi connectivity index (χ1) is 8.96. The van der Waals surface area contributed by atoms with Gasteiger partial charge in [0.1, 0.15) is 0 Å². The van der Waals surface area contributed by atoms with E-state index in [1.807, 2.05) is 0 Å². The highest BCUT2D eigenvalue weighted by molar-refractivity contribution is 5.68. The molecular weight excluding hydrogens is 228 g/mol. The van der Waals surface area contributed by atoms with E-state index in [0.717, 1.165) is 0 Å². The van der Waals surface area contributed by atoms with Gasteiger partial charge in [0.05, 0.1) is 0 Å². The number of benzene rings is 2. The molecule has 2 rings (SSSR count). The molecule has 0 N–H and O–H groups in total. The van der Waals surface area contributed by atoms with Crippen LogP contribution >= 0.6 is 0 Å². The molecule has 0 saturated heterocycles. The first-order valence-electron chi connectivity index (χ1n) is 6.81. The molecule has 0 amide bonds. The zero-order valence-electron chi connectivity index (χ0n) is 12.3. The standard InChI is InChI=1S/C19H22/c1-15-7-5-6-8-18(15)17-11-9-16(10-12-17)13-14-19(2,3)4/h5-14H,1-4H3/b14-13-. The van der Waals surface area contributed by atoms with Crippen molar-refractivity contribution in [2.45, 2.75) is 27.7 Å². The molecule has 0 unspecified atom stereocenters. The maximum Gasteiger partial charge on any atom is -0.0155 e. The predicted molar refractivity (Wildman–Crippen MR) is 85.1 cm³/mol. The molecule has 0 radical (unpaired) electrons. The first kappa shape index (κ1) is 13.6. The molecule has 0 heteroatoms. The highest BCUT2D eigenvalue weighted by Crippen LogP contribution is 2.24. The molecule has 0 atom stereocenters. The van der Waals surface area contributed by atoms with E-state index in [9.17, 15) is 0 Å². The van der Waals surface area contributed by atoms with Gasteiger partial charge in [-0.05, 0) is 34.6 Å². The summed E-state index contributed by atoms with van der Waals surface area (Å²) in [6, 6.07) is 17.3. The average molecular weight is 250 g/mol. The van der Waals surface area contributed by atoms with Gasteiger partial charge in [0.2, 0.25) is 0 Å². The molecular formula is C19H22. The van der Waals surface area contributed by atoms with E-state index in [0.29, 0.717) is 0 Å². The molecule has 0 aromatic heterocycles. The molecule has 0 bridgehead atoms. The van der Waals surface area contributed by atoms with E-state index < -0.39 is 0 Å². The van der Waals surface area contributed by atoms with E-state index >= 15 is 0 Å². The maximum atomic E-state index is 2.25. The van der Waals surface area contributed by atoms with Crippen LogP contribution in [-0.2, 0) is 0 Å². The van der Waals surface area contributed by atoms with Crippen LogP contribution in [0, 0.1) is 12.3 Å². The van der Waals surface area contributed by atoms with Crippen molar-refractivity contribution >= 4 is 6.08 Å². The zero-order chi connectivity index (χ0) is 13.9. The van der Waals surface area contributed by atoms with Crippen molar-refractivity contribution in [3.63, 3.8) is 0 Å². The minimum atomic E-state index is 0.231. The summed E-state index contributed by atoms with van der Waals surface area (Å²) in [7, 11) is 0. The molecule has 98 valence electrons. The van der Waals surface area contributed by atoms with Crippen molar-refractivity contribution in [1.82, 2.24) is 0 Å². The molecule has 0 aliphatic rings. The normalized spacial score (nSPS) is 12.0. The van der Waals surface area contributed by atoms with Crippen molar-refractivity contribution in [3.8, 4) is 11.1 Å². The van der Waals surface area contributed by atoms with Crippen molar-refractivity contribution in [3.05, 3.63) is 65.7 Å². The second-order valence-electron chi connectivity index (χ2n) is 6.14. The van der Waals surface area contributed by atoms with Gasteiger partial charge in [-0.3, -0.25) is 0 Å². The lowest BCUT2D eigenvalue weighted by Gasteiger charge is -2.11. The SMILES string of the molecule is Cc1ccccc1-c1ccc(/C=C\C(C)(C)C)cc1. The Labute approximate surface area is 116 Å². The van der Waals surface area contributed by atoms with E-state index in [4.69, 9.17) is 0 Å². The minimum Gasteiger partial charge on any atom is -0.0785 e. The number of rotatable bonds is 2. The zero-order valence-corrected chi connectivity index (χ0v) is 12.3. The molecule has 19 heavy (non-hydrogen) atoms. The molecule has 0 fully saturated rings. The van der Waals surface area contributed by atoms with Gasteiger partial charge >= 0.3 is 0 Å². The number of aryl methyl sites for hydroxylation is 1. The van der Waals surface area contributed by atoms with Gasteiger partial charge in [-0.2, -0.15) is 0 Å². The summed E-state index contributed by atoms with van der Waals surface area (Å²) in [5, 5.41) is 0. The Balaban J connectivity index is 2.25. The second kappa shape index (κ2) is 5.44. The average Bonchev–Trinajstić information content (AvgIpc) is 2.37. The molecule has 2 aromatic carbocycles. The maximum absolute atomic E-state index is 2.25. The monoisotopic (exact) mass is 250 g/mol. The number of hydrogen-bond donors (Lipinski definition) is 0. The van der Waals surface area contributed by atoms with Crippen molar-refractivity contribution < 1.29 is 0 Å². The first-order valence-corrected chi connectivity index (χ1v) is 6.81. The third kappa shape index (κ3) is 3.82. The molecule has 0 heterocycles. The Kier molecular flexibility index (Phi) is 3.90. The van der Waals surface area contributed by atoms with Crippen LogP contribution in [0.25, 0.3) is 17.2 Å². The largest absolute Gasteiger partial charge is 0.0785 e. The molecule has 2 aromatic rings. The number of hydrogen-bond acceptors (Lipinski definition) is 0. The second-order valence-corrected chi connectivity index (χ2v) is 6.14. The Morgan fingerprint density at radius 1 is 0.842 bits per heavy atom. The number of allylic oxidation sites excluding steroid dienone is 1. The van der Waals surface area contributed by atoms with E-state index in [2.05, 4.69) is 88.4 Å².